The zero-order valence-corrected chi connectivity index (χ0v) is 16.9. The second-order valence-electron chi connectivity index (χ2n) is 7.75. The summed E-state index contributed by atoms with van der Waals surface area (Å²) in [6.07, 6.45) is -9.46. The highest BCUT2D eigenvalue weighted by Crippen LogP contribution is 2.50. The van der Waals surface area contributed by atoms with E-state index in [1.54, 1.807) is 0 Å². The summed E-state index contributed by atoms with van der Waals surface area (Å²) < 4.78 is 16.6. The van der Waals surface area contributed by atoms with E-state index in [-0.39, 0.29) is 17.7 Å². The fourth-order valence-electron chi connectivity index (χ4n) is 3.77. The standard InChI is InChI=1S/C21H22O12/c22-6-14-16(28)17(29)18(30)21(32-14)33-19-12(27)4-10(25)15-11(26)5-13(31-20(15)19)7-1-2-8(23)9(24)3-7/h1-4,13-14,16-18,21-25,27-30H,5-6H2/t13-,14-,16-,17+,18-,21+/m1/s1. The number of rotatable bonds is 4. The average Bonchev–Trinajstić information content (AvgIpc) is 2.77. The van der Waals surface area contributed by atoms with Crippen LogP contribution in [0.4, 0.5) is 0 Å². The zero-order valence-electron chi connectivity index (χ0n) is 16.9. The number of carbonyl (C=O) groups is 1. The number of carbonyl (C=O) groups excluding carboxylic acids is 1. The number of aliphatic hydroxyl groups excluding tert-OH is 4. The smallest absolute Gasteiger partial charge is 0.229 e. The summed E-state index contributed by atoms with van der Waals surface area (Å²) in [5, 5.41) is 79.4. The Labute approximate surface area is 186 Å². The number of aromatic hydroxyl groups is 4. The van der Waals surface area contributed by atoms with Crippen molar-refractivity contribution in [2.75, 3.05) is 6.61 Å². The molecule has 0 saturated carbocycles. The molecule has 0 spiro atoms. The van der Waals surface area contributed by atoms with Gasteiger partial charge in [0.1, 0.15) is 41.8 Å². The molecule has 33 heavy (non-hydrogen) atoms. The zero-order chi connectivity index (χ0) is 24.0. The molecule has 2 aliphatic rings. The summed E-state index contributed by atoms with van der Waals surface area (Å²) in [6, 6.07) is 4.60. The molecule has 178 valence electrons. The van der Waals surface area contributed by atoms with Crippen LogP contribution in [0.1, 0.15) is 28.4 Å². The second-order valence-corrected chi connectivity index (χ2v) is 7.75. The second kappa shape index (κ2) is 8.57. The molecule has 6 atom stereocenters. The molecule has 2 heterocycles. The van der Waals surface area contributed by atoms with Crippen LogP contribution >= 0.6 is 0 Å². The van der Waals surface area contributed by atoms with E-state index in [0.29, 0.717) is 5.56 Å². The number of phenols is 4. The Morgan fingerprint density at radius 3 is 2.30 bits per heavy atom. The van der Waals surface area contributed by atoms with E-state index >= 15 is 0 Å². The van der Waals surface area contributed by atoms with Gasteiger partial charge < -0.3 is 55.1 Å². The molecule has 12 heteroatoms. The lowest BCUT2D eigenvalue weighted by Gasteiger charge is -2.40. The molecule has 1 saturated heterocycles. The molecule has 2 aromatic carbocycles. The highest BCUT2D eigenvalue weighted by molar-refractivity contribution is 6.03. The predicted molar refractivity (Wildman–Crippen MR) is 106 cm³/mol. The molecule has 0 radical (unpaired) electrons. The summed E-state index contributed by atoms with van der Waals surface area (Å²) in [7, 11) is 0. The Kier molecular flexibility index (Phi) is 5.95. The van der Waals surface area contributed by atoms with E-state index < -0.39 is 77.9 Å². The molecule has 1 fully saturated rings. The van der Waals surface area contributed by atoms with Crippen molar-refractivity contribution in [3.8, 4) is 34.5 Å². The van der Waals surface area contributed by atoms with Crippen molar-refractivity contribution in [2.24, 2.45) is 0 Å². The topological polar surface area (TPSA) is 207 Å². The van der Waals surface area contributed by atoms with Gasteiger partial charge in [0, 0.05) is 6.07 Å². The van der Waals surface area contributed by atoms with E-state index in [2.05, 4.69) is 0 Å². The molecule has 2 aromatic rings. The summed E-state index contributed by atoms with van der Waals surface area (Å²) in [5.74, 6) is -3.61. The first-order valence-electron chi connectivity index (χ1n) is 9.90. The van der Waals surface area contributed by atoms with Crippen LogP contribution in [0, 0.1) is 0 Å². The number of hydrogen-bond donors (Lipinski definition) is 8. The fourth-order valence-corrected chi connectivity index (χ4v) is 3.77. The minimum Gasteiger partial charge on any atom is -0.507 e. The lowest BCUT2D eigenvalue weighted by Crippen LogP contribution is -2.60. The van der Waals surface area contributed by atoms with Crippen molar-refractivity contribution >= 4 is 5.78 Å². The third kappa shape index (κ3) is 3.98. The molecule has 0 bridgehead atoms. The van der Waals surface area contributed by atoms with Crippen LogP contribution in [-0.4, -0.2) is 83.9 Å². The number of ketones is 1. The van der Waals surface area contributed by atoms with E-state index in [9.17, 15) is 45.6 Å². The maximum absolute atomic E-state index is 12.8. The van der Waals surface area contributed by atoms with E-state index in [4.69, 9.17) is 14.2 Å². The number of hydrogen-bond acceptors (Lipinski definition) is 12. The molecule has 2 aliphatic heterocycles. The number of Topliss-reactive ketones (excluding diaryl/α,β-unsaturated/α-hetero) is 1. The number of phenolic OH excluding ortho intramolecular Hbond substituents is 4. The Morgan fingerprint density at radius 1 is 0.909 bits per heavy atom. The van der Waals surface area contributed by atoms with Gasteiger partial charge in [-0.2, -0.15) is 0 Å². The van der Waals surface area contributed by atoms with Crippen LogP contribution in [0.3, 0.4) is 0 Å². The van der Waals surface area contributed by atoms with Gasteiger partial charge in [0.05, 0.1) is 13.0 Å². The first kappa shape index (κ1) is 22.9. The van der Waals surface area contributed by atoms with Crippen LogP contribution in [0.5, 0.6) is 34.5 Å². The molecule has 0 unspecified atom stereocenters. The predicted octanol–water partition coefficient (Wildman–Crippen LogP) is -0.606. The summed E-state index contributed by atoms with van der Waals surface area (Å²) >= 11 is 0. The fraction of sp³-hybridized carbons (Fsp3) is 0.381. The molecular weight excluding hydrogens is 444 g/mol. The van der Waals surface area contributed by atoms with Gasteiger partial charge in [-0.05, 0) is 17.7 Å². The maximum atomic E-state index is 12.8. The Hall–Kier alpha value is -3.29. The highest BCUT2D eigenvalue weighted by Gasteiger charge is 2.46. The van der Waals surface area contributed by atoms with Crippen molar-refractivity contribution in [3.05, 3.63) is 35.4 Å². The molecule has 0 aromatic heterocycles. The van der Waals surface area contributed by atoms with Gasteiger partial charge in [-0.1, -0.05) is 6.07 Å². The van der Waals surface area contributed by atoms with Crippen LogP contribution < -0.4 is 9.47 Å². The average molecular weight is 466 g/mol. The Balaban J connectivity index is 1.72. The Bertz CT molecular complexity index is 1070. The lowest BCUT2D eigenvalue weighted by molar-refractivity contribution is -0.277. The van der Waals surface area contributed by atoms with E-state index in [1.807, 2.05) is 0 Å². The van der Waals surface area contributed by atoms with Gasteiger partial charge >= 0.3 is 0 Å². The highest BCUT2D eigenvalue weighted by atomic mass is 16.7. The Morgan fingerprint density at radius 2 is 1.64 bits per heavy atom. The van der Waals surface area contributed by atoms with Gasteiger partial charge in [-0.3, -0.25) is 4.79 Å². The van der Waals surface area contributed by atoms with Crippen LogP contribution in [0.2, 0.25) is 0 Å². The van der Waals surface area contributed by atoms with Gasteiger partial charge in [0.2, 0.25) is 12.0 Å². The maximum Gasteiger partial charge on any atom is 0.229 e. The molecular formula is C21H22O12. The molecule has 0 amide bonds. The summed E-state index contributed by atoms with van der Waals surface area (Å²) in [4.78, 5) is 12.8. The minimum atomic E-state index is -1.81. The van der Waals surface area contributed by atoms with E-state index in [0.717, 1.165) is 6.07 Å². The summed E-state index contributed by atoms with van der Waals surface area (Å²) in [6.45, 7) is -0.716. The van der Waals surface area contributed by atoms with Crippen molar-refractivity contribution in [1.82, 2.24) is 0 Å². The largest absolute Gasteiger partial charge is 0.507 e. The summed E-state index contributed by atoms with van der Waals surface area (Å²) in [5.41, 5.74) is -0.0161. The quantitative estimate of drug-likeness (QED) is 0.266. The lowest BCUT2D eigenvalue weighted by atomic mass is 9.94. The third-order valence-electron chi connectivity index (χ3n) is 5.56. The van der Waals surface area contributed by atoms with Gasteiger partial charge in [-0.15, -0.1) is 0 Å². The third-order valence-corrected chi connectivity index (χ3v) is 5.56. The first-order chi connectivity index (χ1) is 15.6. The van der Waals surface area contributed by atoms with Crippen molar-refractivity contribution in [3.63, 3.8) is 0 Å². The van der Waals surface area contributed by atoms with Crippen LogP contribution in [-0.2, 0) is 4.74 Å². The molecule has 12 nitrogen and oxygen atoms in total. The van der Waals surface area contributed by atoms with Crippen molar-refractivity contribution in [1.29, 1.82) is 0 Å². The number of benzene rings is 2. The van der Waals surface area contributed by atoms with E-state index in [1.165, 1.54) is 18.2 Å². The normalized spacial score (nSPS) is 29.3. The van der Waals surface area contributed by atoms with Crippen molar-refractivity contribution < 1.29 is 59.9 Å². The minimum absolute atomic E-state index is 0.255. The van der Waals surface area contributed by atoms with Gasteiger partial charge in [0.25, 0.3) is 0 Å². The van der Waals surface area contributed by atoms with Gasteiger partial charge in [-0.25, -0.2) is 0 Å². The monoisotopic (exact) mass is 466 g/mol. The number of ether oxygens (including phenoxy) is 3. The first-order valence-corrected chi connectivity index (χ1v) is 9.90. The number of fused-ring (bicyclic) bond motifs is 1. The molecule has 0 aliphatic carbocycles. The SMILES string of the molecule is O=C1C[C@H](c2ccc(O)c(O)c2)Oc2c(O[C@@H]3O[C@H](CO)[C@@H](O)[C@H](O)[C@H]3O)c(O)cc(O)c21. The van der Waals surface area contributed by atoms with Gasteiger partial charge in [0.15, 0.2) is 28.8 Å². The van der Waals surface area contributed by atoms with Crippen LogP contribution in [0.15, 0.2) is 24.3 Å². The molecule has 8 N–H and O–H groups in total. The number of aliphatic hydroxyl groups is 4. The van der Waals surface area contributed by atoms with Crippen LogP contribution in [0.25, 0.3) is 0 Å². The van der Waals surface area contributed by atoms with Crippen molar-refractivity contribution in [2.45, 2.75) is 43.2 Å². The molecule has 4 rings (SSSR count).